The quantitative estimate of drug-likeness (QED) is 0.506. The first-order chi connectivity index (χ1) is 14.3. The highest BCUT2D eigenvalue weighted by atomic mass is 35.5. The Morgan fingerprint density at radius 3 is 2.06 bits per heavy atom. The molecule has 174 valence electrons. The van der Waals surface area contributed by atoms with Crippen molar-refractivity contribution in [2.45, 2.75) is 31.7 Å². The number of nitrogens with one attached hydrogen (secondary N) is 1. The smallest absolute Gasteiger partial charge is 0.132 e. The fourth-order valence-electron chi connectivity index (χ4n) is 4.73. The van der Waals surface area contributed by atoms with Gasteiger partial charge in [0.25, 0.3) is 0 Å². The summed E-state index contributed by atoms with van der Waals surface area (Å²) in [5, 5.41) is 7.93. The van der Waals surface area contributed by atoms with E-state index in [9.17, 15) is 4.39 Å². The molecule has 1 N–H and O–H groups in total. The molecule has 0 spiro atoms. The second-order valence-electron chi connectivity index (χ2n) is 8.00. The van der Waals surface area contributed by atoms with Gasteiger partial charge < -0.3 is 9.80 Å². The summed E-state index contributed by atoms with van der Waals surface area (Å²) in [6.07, 6.45) is 8.66. The molecular weight excluding hydrogens is 472 g/mol. The fourth-order valence-corrected chi connectivity index (χ4v) is 4.73. The monoisotopic (exact) mass is 499 g/mol. The Balaban J connectivity index is 0.00000121. The van der Waals surface area contributed by atoms with Crippen LogP contribution in [0.3, 0.4) is 0 Å². The second kappa shape index (κ2) is 11.8. The Morgan fingerprint density at radius 1 is 0.812 bits per heavy atom. The highest BCUT2D eigenvalue weighted by molar-refractivity contribution is 5.89. The lowest BCUT2D eigenvalue weighted by atomic mass is 9.99. The first kappa shape index (κ1) is 26.4. The van der Waals surface area contributed by atoms with Crippen molar-refractivity contribution in [2.75, 3.05) is 31.1 Å². The predicted octanol–water partition coefficient (Wildman–Crippen LogP) is 5.61. The van der Waals surface area contributed by atoms with Crippen LogP contribution in [0.5, 0.6) is 0 Å². The first-order valence-electron chi connectivity index (χ1n) is 10.5. The number of halogens is 4. The molecule has 3 aromatic rings. The minimum absolute atomic E-state index is 0. The number of hydrogen-bond donors (Lipinski definition) is 1. The highest BCUT2D eigenvalue weighted by Crippen LogP contribution is 2.39. The normalized spacial score (nSPS) is 16.7. The number of piperidine rings is 1. The molecule has 5 nitrogen and oxygen atoms in total. The molecule has 0 aliphatic carbocycles. The third kappa shape index (κ3) is 5.37. The van der Waals surface area contributed by atoms with Gasteiger partial charge in [-0.1, -0.05) is 0 Å². The third-order valence-electron chi connectivity index (χ3n) is 6.27. The van der Waals surface area contributed by atoms with Crippen LogP contribution in [0.1, 0.15) is 25.7 Å². The molecule has 2 saturated heterocycles. The first-order valence-corrected chi connectivity index (χ1v) is 10.5. The molecule has 0 amide bonds. The van der Waals surface area contributed by atoms with Gasteiger partial charge in [-0.05, 0) is 80.7 Å². The molecule has 0 bridgehead atoms. The maximum Gasteiger partial charge on any atom is 0.132 e. The summed E-state index contributed by atoms with van der Waals surface area (Å²) < 4.78 is 13.4. The summed E-state index contributed by atoms with van der Waals surface area (Å²) in [4.78, 5) is 9.25. The number of aromatic amines is 1. The molecule has 0 saturated carbocycles. The molecule has 5 rings (SSSR count). The van der Waals surface area contributed by atoms with E-state index < -0.39 is 0 Å². The number of anilines is 1. The van der Waals surface area contributed by atoms with Crippen LogP contribution in [0, 0.1) is 5.82 Å². The number of pyridine rings is 1. The number of likely N-dealkylation sites (tertiary alicyclic amines) is 1. The molecule has 0 unspecified atom stereocenters. The minimum Gasteiger partial charge on any atom is -0.356 e. The van der Waals surface area contributed by atoms with Gasteiger partial charge in [-0.2, -0.15) is 5.10 Å². The topological polar surface area (TPSA) is 48.1 Å². The van der Waals surface area contributed by atoms with Gasteiger partial charge in [-0.25, -0.2) is 4.39 Å². The third-order valence-corrected chi connectivity index (χ3v) is 6.27. The fraction of sp³-hybridized carbons (Fsp3) is 0.391. The number of benzene rings is 1. The van der Waals surface area contributed by atoms with Crippen LogP contribution in [0.2, 0.25) is 0 Å². The molecule has 1 aromatic carbocycles. The minimum atomic E-state index is -0.237. The summed E-state index contributed by atoms with van der Waals surface area (Å²) in [6, 6.07) is 11.3. The highest BCUT2D eigenvalue weighted by Gasteiger charge is 2.29. The van der Waals surface area contributed by atoms with E-state index in [-0.39, 0.29) is 43.0 Å². The van der Waals surface area contributed by atoms with Crippen LogP contribution in [-0.4, -0.2) is 52.3 Å². The van der Waals surface area contributed by atoms with Crippen molar-refractivity contribution in [3.63, 3.8) is 0 Å². The van der Waals surface area contributed by atoms with E-state index in [4.69, 9.17) is 0 Å². The van der Waals surface area contributed by atoms with Gasteiger partial charge in [-0.3, -0.25) is 10.1 Å². The van der Waals surface area contributed by atoms with Gasteiger partial charge in [-0.15, -0.1) is 37.2 Å². The van der Waals surface area contributed by atoms with Crippen molar-refractivity contribution in [3.8, 4) is 22.4 Å². The average Bonchev–Trinajstić information content (AvgIpc) is 3.46. The zero-order chi connectivity index (χ0) is 19.6. The van der Waals surface area contributed by atoms with Gasteiger partial charge in [0.2, 0.25) is 0 Å². The van der Waals surface area contributed by atoms with Crippen LogP contribution in [0.4, 0.5) is 10.2 Å². The summed E-state index contributed by atoms with van der Waals surface area (Å²) >= 11 is 0. The molecule has 0 radical (unpaired) electrons. The van der Waals surface area contributed by atoms with Gasteiger partial charge in [0.05, 0.1) is 5.56 Å². The van der Waals surface area contributed by atoms with E-state index >= 15 is 0 Å². The van der Waals surface area contributed by atoms with Crippen molar-refractivity contribution in [2.24, 2.45) is 0 Å². The maximum atomic E-state index is 13.4. The number of hydrogen-bond acceptors (Lipinski definition) is 4. The van der Waals surface area contributed by atoms with Crippen molar-refractivity contribution in [3.05, 3.63) is 54.6 Å². The Morgan fingerprint density at radius 2 is 1.44 bits per heavy atom. The summed E-state index contributed by atoms with van der Waals surface area (Å²) in [6.45, 7) is 4.55. The Labute approximate surface area is 207 Å². The average molecular weight is 501 g/mol. The van der Waals surface area contributed by atoms with Crippen molar-refractivity contribution in [1.82, 2.24) is 20.1 Å². The largest absolute Gasteiger partial charge is 0.356 e. The van der Waals surface area contributed by atoms with Crippen LogP contribution < -0.4 is 4.90 Å². The van der Waals surface area contributed by atoms with Gasteiger partial charge in [0.1, 0.15) is 17.3 Å². The number of rotatable bonds is 4. The Kier molecular flexibility index (Phi) is 9.77. The lowest BCUT2D eigenvalue weighted by Crippen LogP contribution is -2.44. The number of H-pyrrole nitrogens is 1. The zero-order valence-electron chi connectivity index (χ0n) is 17.7. The lowest BCUT2D eigenvalue weighted by Gasteiger charge is -2.37. The Bertz CT molecular complexity index is 954. The van der Waals surface area contributed by atoms with Crippen LogP contribution in [0.25, 0.3) is 22.4 Å². The zero-order valence-corrected chi connectivity index (χ0v) is 20.2. The number of nitrogens with zero attached hydrogens (tertiary/aromatic N) is 4. The standard InChI is InChI=1S/C23H26FN5.3ClH/c24-19-5-3-18(4-6-19)22-21(17-7-11-25-12-8-17)23(27-26-22)29-15-9-20(10-16-29)28-13-1-2-14-28;;;/h3-8,11-12,20H,1-2,9-10,13-16H2,(H,26,27);3*1H. The maximum absolute atomic E-state index is 13.4. The molecular formula is C23H29Cl3FN5. The molecule has 9 heteroatoms. The number of aromatic nitrogens is 3. The van der Waals surface area contributed by atoms with Gasteiger partial charge >= 0.3 is 0 Å². The van der Waals surface area contributed by atoms with Gasteiger partial charge in [0, 0.05) is 37.1 Å². The molecule has 2 aliphatic rings. The SMILES string of the molecule is Cl.Cl.Cl.Fc1ccc(-c2n[nH]c(N3CCC(N4CCCC4)CC3)c2-c2ccncc2)cc1. The Hall–Kier alpha value is -1.86. The van der Waals surface area contributed by atoms with E-state index in [1.807, 2.05) is 12.1 Å². The van der Waals surface area contributed by atoms with Crippen molar-refractivity contribution in [1.29, 1.82) is 0 Å². The van der Waals surface area contributed by atoms with Crippen LogP contribution in [-0.2, 0) is 0 Å². The molecule has 2 fully saturated rings. The second-order valence-corrected chi connectivity index (χ2v) is 8.00. The summed E-state index contributed by atoms with van der Waals surface area (Å²) in [7, 11) is 0. The molecule has 32 heavy (non-hydrogen) atoms. The van der Waals surface area contributed by atoms with E-state index in [0.717, 1.165) is 41.3 Å². The van der Waals surface area contributed by atoms with Crippen molar-refractivity contribution < 1.29 is 4.39 Å². The van der Waals surface area contributed by atoms with E-state index in [2.05, 4.69) is 25.0 Å². The summed E-state index contributed by atoms with van der Waals surface area (Å²) in [5.41, 5.74) is 3.91. The lowest BCUT2D eigenvalue weighted by molar-refractivity contribution is 0.207. The summed E-state index contributed by atoms with van der Waals surface area (Å²) in [5.74, 6) is 0.814. The molecule has 4 heterocycles. The van der Waals surface area contributed by atoms with E-state index in [1.54, 1.807) is 24.5 Å². The molecule has 2 aliphatic heterocycles. The predicted molar refractivity (Wildman–Crippen MR) is 135 cm³/mol. The van der Waals surface area contributed by atoms with Crippen LogP contribution in [0.15, 0.2) is 48.8 Å². The van der Waals surface area contributed by atoms with E-state index in [1.165, 1.54) is 50.9 Å². The van der Waals surface area contributed by atoms with Crippen molar-refractivity contribution >= 4 is 43.0 Å². The van der Waals surface area contributed by atoms with Gasteiger partial charge in [0.15, 0.2) is 0 Å². The van der Waals surface area contributed by atoms with Crippen LogP contribution >= 0.6 is 37.2 Å². The molecule has 0 atom stereocenters. The molecule has 2 aromatic heterocycles. The van der Waals surface area contributed by atoms with E-state index in [0.29, 0.717) is 6.04 Å².